The van der Waals surface area contributed by atoms with E-state index in [0.717, 1.165) is 21.7 Å². The number of fused-ring (bicyclic) bond motifs is 2. The number of amides is 2. The summed E-state index contributed by atoms with van der Waals surface area (Å²) in [5.41, 5.74) is 1.03. The molecule has 0 radical (unpaired) electrons. The minimum Gasteiger partial charge on any atom is -0.331 e. The summed E-state index contributed by atoms with van der Waals surface area (Å²) in [5.74, 6) is 0. The largest absolute Gasteiger partial charge is 0.331 e. The van der Waals surface area contributed by atoms with Crippen molar-refractivity contribution in [2.75, 3.05) is 5.32 Å². The van der Waals surface area contributed by atoms with E-state index in [1.54, 1.807) is 30.3 Å². The monoisotopic (exact) mass is 385 g/mol. The summed E-state index contributed by atoms with van der Waals surface area (Å²) in [6, 6.07) is 23.5. The number of urea groups is 1. The summed E-state index contributed by atoms with van der Waals surface area (Å²) in [6.45, 7) is 1.89. The highest BCUT2D eigenvalue weighted by Gasteiger charge is 2.21. The standard InChI is InChI=1S/C23H19N3O3/c1-15(18-12-6-9-16-7-2-4-10-19(16)18)24-23(27)25-21-14-13-17-8-3-5-11-20(17)22(21)26(28)29/h2-15H,1H3,(H2,24,25,27). The number of carbonyl (C=O) groups is 1. The van der Waals surface area contributed by atoms with E-state index < -0.39 is 11.0 Å². The molecular formula is C23H19N3O3. The number of nitrogens with one attached hydrogen (secondary N) is 2. The van der Waals surface area contributed by atoms with Gasteiger partial charge in [0.25, 0.3) is 0 Å². The lowest BCUT2D eigenvalue weighted by atomic mass is 10.00. The van der Waals surface area contributed by atoms with Crippen molar-refractivity contribution in [3.05, 3.63) is 94.5 Å². The Kier molecular flexibility index (Phi) is 4.83. The van der Waals surface area contributed by atoms with Crippen molar-refractivity contribution in [3.63, 3.8) is 0 Å². The summed E-state index contributed by atoms with van der Waals surface area (Å²) in [4.78, 5) is 23.8. The van der Waals surface area contributed by atoms with Gasteiger partial charge in [-0.1, -0.05) is 66.7 Å². The second-order valence-corrected chi connectivity index (χ2v) is 6.83. The SMILES string of the molecule is CC(NC(=O)Nc1ccc2ccccc2c1[N+](=O)[O-])c1cccc2ccccc12. The first-order valence-corrected chi connectivity index (χ1v) is 9.26. The maximum Gasteiger partial charge on any atom is 0.319 e. The van der Waals surface area contributed by atoms with E-state index in [1.165, 1.54) is 0 Å². The Hall–Kier alpha value is -3.93. The Morgan fingerprint density at radius 3 is 2.21 bits per heavy atom. The molecule has 29 heavy (non-hydrogen) atoms. The first-order valence-electron chi connectivity index (χ1n) is 9.26. The Morgan fingerprint density at radius 2 is 1.48 bits per heavy atom. The molecule has 6 nitrogen and oxygen atoms in total. The van der Waals surface area contributed by atoms with Crippen LogP contribution < -0.4 is 10.6 Å². The quantitative estimate of drug-likeness (QED) is 0.345. The molecule has 0 saturated heterocycles. The summed E-state index contributed by atoms with van der Waals surface area (Å²) >= 11 is 0. The fraction of sp³-hybridized carbons (Fsp3) is 0.0870. The van der Waals surface area contributed by atoms with E-state index >= 15 is 0 Å². The van der Waals surface area contributed by atoms with Crippen LogP contribution in [-0.4, -0.2) is 11.0 Å². The molecule has 4 aromatic carbocycles. The molecule has 0 spiro atoms. The van der Waals surface area contributed by atoms with Crippen LogP contribution >= 0.6 is 0 Å². The topological polar surface area (TPSA) is 84.3 Å². The number of hydrogen-bond acceptors (Lipinski definition) is 3. The molecule has 0 aliphatic heterocycles. The van der Waals surface area contributed by atoms with Crippen LogP contribution in [0.2, 0.25) is 0 Å². The van der Waals surface area contributed by atoms with Crippen molar-refractivity contribution in [1.29, 1.82) is 0 Å². The zero-order valence-electron chi connectivity index (χ0n) is 15.8. The van der Waals surface area contributed by atoms with Crippen LogP contribution in [0.15, 0.2) is 78.9 Å². The van der Waals surface area contributed by atoms with Crippen LogP contribution in [-0.2, 0) is 0 Å². The van der Waals surface area contributed by atoms with Gasteiger partial charge >= 0.3 is 11.7 Å². The lowest BCUT2D eigenvalue weighted by Gasteiger charge is -2.17. The van der Waals surface area contributed by atoms with Crippen molar-refractivity contribution in [2.24, 2.45) is 0 Å². The van der Waals surface area contributed by atoms with Gasteiger partial charge in [-0.2, -0.15) is 0 Å². The molecule has 0 aromatic heterocycles. The predicted octanol–water partition coefficient (Wildman–Crippen LogP) is 5.78. The fourth-order valence-electron chi connectivity index (χ4n) is 3.61. The van der Waals surface area contributed by atoms with Gasteiger partial charge in [-0.15, -0.1) is 0 Å². The minimum atomic E-state index is -0.496. The van der Waals surface area contributed by atoms with Crippen molar-refractivity contribution >= 4 is 39.0 Å². The molecule has 0 saturated carbocycles. The number of nitrogens with zero attached hydrogens (tertiary/aromatic N) is 1. The van der Waals surface area contributed by atoms with Gasteiger partial charge in [0.2, 0.25) is 0 Å². The van der Waals surface area contributed by atoms with E-state index in [-0.39, 0.29) is 17.4 Å². The van der Waals surface area contributed by atoms with E-state index in [9.17, 15) is 14.9 Å². The van der Waals surface area contributed by atoms with Gasteiger partial charge in [-0.05, 0) is 40.8 Å². The average Bonchev–Trinajstić information content (AvgIpc) is 2.72. The molecule has 4 aromatic rings. The summed E-state index contributed by atoms with van der Waals surface area (Å²) in [7, 11) is 0. The van der Waals surface area contributed by atoms with Gasteiger partial charge in [-0.3, -0.25) is 10.1 Å². The molecule has 0 bridgehead atoms. The number of nitro benzene ring substituents is 1. The van der Waals surface area contributed by atoms with Crippen LogP contribution in [0.4, 0.5) is 16.2 Å². The molecule has 1 atom stereocenters. The first-order chi connectivity index (χ1) is 14.0. The third kappa shape index (κ3) is 3.60. The van der Waals surface area contributed by atoms with Gasteiger partial charge in [0.05, 0.1) is 16.4 Å². The molecule has 0 aliphatic rings. The number of carbonyl (C=O) groups excluding carboxylic acids is 1. The average molecular weight is 385 g/mol. The Balaban J connectivity index is 1.60. The molecule has 2 amide bonds. The zero-order chi connectivity index (χ0) is 20.4. The van der Waals surface area contributed by atoms with Gasteiger partial charge in [0, 0.05) is 0 Å². The number of nitro groups is 1. The Labute approximate surface area is 167 Å². The van der Waals surface area contributed by atoms with E-state index in [2.05, 4.69) is 10.6 Å². The predicted molar refractivity (Wildman–Crippen MR) is 115 cm³/mol. The van der Waals surface area contributed by atoms with Gasteiger partial charge in [-0.25, -0.2) is 4.79 Å². The van der Waals surface area contributed by atoms with E-state index in [4.69, 9.17) is 0 Å². The highest BCUT2D eigenvalue weighted by Crippen LogP contribution is 2.33. The molecule has 144 valence electrons. The third-order valence-electron chi connectivity index (χ3n) is 4.97. The summed E-state index contributed by atoms with van der Waals surface area (Å²) < 4.78 is 0. The highest BCUT2D eigenvalue weighted by atomic mass is 16.6. The molecule has 1 unspecified atom stereocenters. The third-order valence-corrected chi connectivity index (χ3v) is 4.97. The van der Waals surface area contributed by atoms with Crippen LogP contribution in [0, 0.1) is 10.1 Å². The van der Waals surface area contributed by atoms with Crippen molar-refractivity contribution in [2.45, 2.75) is 13.0 Å². The molecule has 6 heteroatoms. The molecule has 0 aliphatic carbocycles. The van der Waals surface area contributed by atoms with Crippen molar-refractivity contribution in [3.8, 4) is 0 Å². The van der Waals surface area contributed by atoms with Crippen LogP contribution in [0.25, 0.3) is 21.5 Å². The molecular weight excluding hydrogens is 366 g/mol. The number of hydrogen-bond donors (Lipinski definition) is 2. The fourth-order valence-corrected chi connectivity index (χ4v) is 3.61. The number of benzene rings is 4. The number of rotatable bonds is 4. The van der Waals surface area contributed by atoms with Gasteiger partial charge in [0.1, 0.15) is 5.69 Å². The first kappa shape index (κ1) is 18.4. The Morgan fingerprint density at radius 1 is 0.862 bits per heavy atom. The highest BCUT2D eigenvalue weighted by molar-refractivity contribution is 6.01. The zero-order valence-corrected chi connectivity index (χ0v) is 15.8. The number of anilines is 1. The molecule has 2 N–H and O–H groups in total. The second-order valence-electron chi connectivity index (χ2n) is 6.83. The van der Waals surface area contributed by atoms with Crippen molar-refractivity contribution in [1.82, 2.24) is 5.32 Å². The van der Waals surface area contributed by atoms with Crippen molar-refractivity contribution < 1.29 is 9.72 Å². The smallest absolute Gasteiger partial charge is 0.319 e. The maximum absolute atomic E-state index is 12.6. The van der Waals surface area contributed by atoms with Gasteiger partial charge < -0.3 is 10.6 Å². The van der Waals surface area contributed by atoms with Crippen LogP contribution in [0.5, 0.6) is 0 Å². The lowest BCUT2D eigenvalue weighted by Crippen LogP contribution is -2.31. The normalized spacial score (nSPS) is 11.9. The van der Waals surface area contributed by atoms with E-state index in [1.807, 2.05) is 55.5 Å². The maximum atomic E-state index is 12.6. The van der Waals surface area contributed by atoms with Crippen LogP contribution in [0.3, 0.4) is 0 Å². The lowest BCUT2D eigenvalue weighted by molar-refractivity contribution is -0.382. The molecule has 0 heterocycles. The molecule has 0 fully saturated rings. The second kappa shape index (κ2) is 7.59. The minimum absolute atomic E-state index is 0.115. The Bertz CT molecular complexity index is 1230. The summed E-state index contributed by atoms with van der Waals surface area (Å²) in [6.07, 6.45) is 0. The van der Waals surface area contributed by atoms with E-state index in [0.29, 0.717) is 5.39 Å². The molecule has 4 rings (SSSR count). The van der Waals surface area contributed by atoms with Crippen LogP contribution in [0.1, 0.15) is 18.5 Å². The summed E-state index contributed by atoms with van der Waals surface area (Å²) in [5, 5.41) is 20.5. The van der Waals surface area contributed by atoms with Gasteiger partial charge in [0.15, 0.2) is 0 Å².